The van der Waals surface area contributed by atoms with E-state index in [1.54, 1.807) is 17.5 Å². The van der Waals surface area contributed by atoms with Crippen molar-refractivity contribution < 1.29 is 12.9 Å². The number of rotatable bonds is 5. The molecule has 0 saturated heterocycles. The molecule has 0 bridgehead atoms. The van der Waals surface area contributed by atoms with Gasteiger partial charge in [-0.2, -0.15) is 4.98 Å². The molecule has 9 heteroatoms. The molecule has 3 aromatic rings. The summed E-state index contributed by atoms with van der Waals surface area (Å²) in [6.07, 6.45) is 2.14. The third-order valence-electron chi connectivity index (χ3n) is 3.84. The average Bonchev–Trinajstić information content (AvgIpc) is 3.09. The molecule has 1 N–H and O–H groups in total. The van der Waals surface area contributed by atoms with Crippen LogP contribution in [0.5, 0.6) is 0 Å². The van der Waals surface area contributed by atoms with Gasteiger partial charge in [-0.15, -0.1) is 11.3 Å². The van der Waals surface area contributed by atoms with Gasteiger partial charge in [0.1, 0.15) is 4.21 Å². The van der Waals surface area contributed by atoms with Gasteiger partial charge in [-0.1, -0.05) is 11.2 Å². The summed E-state index contributed by atoms with van der Waals surface area (Å²) < 4.78 is 34.0. The molecular weight excluding hydrogens is 426 g/mol. The van der Waals surface area contributed by atoms with Gasteiger partial charge >= 0.3 is 0 Å². The van der Waals surface area contributed by atoms with Gasteiger partial charge in [0.05, 0.1) is 5.69 Å². The second-order valence-electron chi connectivity index (χ2n) is 5.97. The first-order valence-electron chi connectivity index (χ1n) is 7.64. The molecule has 4 rings (SSSR count). The SMILES string of the molecule is Cc1ccc(NS(=O)(=O)c2cc(-c3noc(C4CC4)n3)cs2)c(Br)c1. The Labute approximate surface area is 157 Å². The number of sulfonamides is 1. The summed E-state index contributed by atoms with van der Waals surface area (Å²) >= 11 is 4.51. The number of hydrogen-bond donors (Lipinski definition) is 1. The van der Waals surface area contributed by atoms with E-state index in [-0.39, 0.29) is 4.21 Å². The second kappa shape index (κ2) is 6.22. The molecule has 1 aliphatic rings. The topological polar surface area (TPSA) is 85.1 Å². The number of aryl methyl sites for hydroxylation is 1. The van der Waals surface area contributed by atoms with Gasteiger partial charge in [0.2, 0.25) is 11.7 Å². The molecule has 25 heavy (non-hydrogen) atoms. The van der Waals surface area contributed by atoms with Crippen molar-refractivity contribution in [1.29, 1.82) is 0 Å². The fourth-order valence-corrected chi connectivity index (χ4v) is 5.28. The van der Waals surface area contributed by atoms with E-state index in [0.717, 1.165) is 29.7 Å². The molecule has 0 unspecified atom stereocenters. The van der Waals surface area contributed by atoms with E-state index in [1.165, 1.54) is 0 Å². The van der Waals surface area contributed by atoms with Gasteiger partial charge in [-0.3, -0.25) is 4.72 Å². The van der Waals surface area contributed by atoms with Crippen LogP contribution >= 0.6 is 27.3 Å². The van der Waals surface area contributed by atoms with E-state index < -0.39 is 10.0 Å². The van der Waals surface area contributed by atoms with Crippen molar-refractivity contribution in [3.8, 4) is 11.4 Å². The van der Waals surface area contributed by atoms with Gasteiger partial charge in [-0.05, 0) is 59.5 Å². The number of nitrogens with zero attached hydrogens (tertiary/aromatic N) is 2. The highest BCUT2D eigenvalue weighted by molar-refractivity contribution is 9.10. The zero-order chi connectivity index (χ0) is 17.6. The van der Waals surface area contributed by atoms with Crippen LogP contribution in [0, 0.1) is 6.92 Å². The van der Waals surface area contributed by atoms with E-state index >= 15 is 0 Å². The lowest BCUT2D eigenvalue weighted by Gasteiger charge is -2.08. The number of benzene rings is 1. The lowest BCUT2D eigenvalue weighted by atomic mass is 10.2. The third kappa shape index (κ3) is 3.49. The van der Waals surface area contributed by atoms with Crippen molar-refractivity contribution in [2.24, 2.45) is 0 Å². The minimum atomic E-state index is -3.68. The number of anilines is 1. The Balaban J connectivity index is 1.59. The number of hydrogen-bond acceptors (Lipinski definition) is 6. The summed E-state index contributed by atoms with van der Waals surface area (Å²) in [6, 6.07) is 7.00. The molecule has 1 fully saturated rings. The highest BCUT2D eigenvalue weighted by atomic mass is 79.9. The minimum absolute atomic E-state index is 0.202. The maximum atomic E-state index is 12.6. The van der Waals surface area contributed by atoms with Crippen LogP contribution in [0.4, 0.5) is 5.69 Å². The number of halogens is 1. The standard InChI is InChI=1S/C16H14BrN3O3S2/c1-9-2-5-13(12(17)6-9)20-25(21,22)14-7-11(8-24-14)15-18-16(23-19-15)10-3-4-10/h2,5-8,10,20H,3-4H2,1H3. The summed E-state index contributed by atoms with van der Waals surface area (Å²) in [7, 11) is -3.68. The van der Waals surface area contributed by atoms with Crippen LogP contribution in [0.3, 0.4) is 0 Å². The van der Waals surface area contributed by atoms with Crippen LogP contribution in [0.25, 0.3) is 11.4 Å². The van der Waals surface area contributed by atoms with Gasteiger partial charge in [0.15, 0.2) is 0 Å². The second-order valence-corrected chi connectivity index (χ2v) is 9.65. The van der Waals surface area contributed by atoms with Crippen molar-refractivity contribution >= 4 is 43.0 Å². The first kappa shape index (κ1) is 16.7. The molecule has 2 heterocycles. The van der Waals surface area contributed by atoms with Crippen molar-refractivity contribution in [1.82, 2.24) is 10.1 Å². The molecule has 1 aliphatic carbocycles. The zero-order valence-electron chi connectivity index (χ0n) is 13.2. The van der Waals surface area contributed by atoms with Crippen LogP contribution in [-0.2, 0) is 10.0 Å². The van der Waals surface area contributed by atoms with E-state index in [0.29, 0.717) is 33.4 Å². The third-order valence-corrected chi connectivity index (χ3v) is 7.30. The Morgan fingerprint density at radius 2 is 2.12 bits per heavy atom. The number of aromatic nitrogens is 2. The van der Waals surface area contributed by atoms with Crippen LogP contribution < -0.4 is 4.72 Å². The first-order valence-corrected chi connectivity index (χ1v) is 10.8. The minimum Gasteiger partial charge on any atom is -0.339 e. The predicted molar refractivity (Wildman–Crippen MR) is 99.3 cm³/mol. The summed E-state index contributed by atoms with van der Waals surface area (Å²) in [6.45, 7) is 1.94. The van der Waals surface area contributed by atoms with Crippen molar-refractivity contribution in [2.45, 2.75) is 29.9 Å². The van der Waals surface area contributed by atoms with Crippen molar-refractivity contribution in [3.05, 3.63) is 45.6 Å². The zero-order valence-corrected chi connectivity index (χ0v) is 16.4. The summed E-state index contributed by atoms with van der Waals surface area (Å²) in [5.41, 5.74) is 2.18. The quantitative estimate of drug-likeness (QED) is 0.629. The van der Waals surface area contributed by atoms with Gasteiger partial charge < -0.3 is 4.52 Å². The Bertz CT molecular complexity index is 1040. The number of thiophene rings is 1. The molecule has 1 aromatic carbocycles. The lowest BCUT2D eigenvalue weighted by molar-refractivity contribution is 0.380. The normalized spacial score (nSPS) is 14.6. The molecular formula is C16H14BrN3O3S2. The molecule has 0 amide bonds. The molecule has 0 spiro atoms. The van der Waals surface area contributed by atoms with E-state index in [1.807, 2.05) is 19.1 Å². The van der Waals surface area contributed by atoms with Gasteiger partial charge in [0.25, 0.3) is 10.0 Å². The molecule has 0 aliphatic heterocycles. The maximum absolute atomic E-state index is 12.6. The van der Waals surface area contributed by atoms with Crippen LogP contribution in [-0.4, -0.2) is 18.6 Å². The average molecular weight is 440 g/mol. The Morgan fingerprint density at radius 3 is 2.84 bits per heavy atom. The maximum Gasteiger partial charge on any atom is 0.271 e. The van der Waals surface area contributed by atoms with Gasteiger partial charge in [-0.25, -0.2) is 8.42 Å². The monoisotopic (exact) mass is 439 g/mol. The fourth-order valence-electron chi connectivity index (χ4n) is 2.32. The van der Waals surface area contributed by atoms with E-state index in [4.69, 9.17) is 4.52 Å². The molecule has 0 atom stereocenters. The van der Waals surface area contributed by atoms with E-state index in [9.17, 15) is 8.42 Å². The van der Waals surface area contributed by atoms with Crippen LogP contribution in [0.15, 0.2) is 42.9 Å². The fraction of sp³-hybridized carbons (Fsp3) is 0.250. The lowest BCUT2D eigenvalue weighted by Crippen LogP contribution is -2.11. The highest BCUT2D eigenvalue weighted by Gasteiger charge is 2.30. The van der Waals surface area contributed by atoms with E-state index in [2.05, 4.69) is 30.8 Å². The Hall–Kier alpha value is -1.71. The Morgan fingerprint density at radius 1 is 1.32 bits per heavy atom. The van der Waals surface area contributed by atoms with Gasteiger partial charge in [0, 0.05) is 21.3 Å². The summed E-state index contributed by atoms with van der Waals surface area (Å²) in [5, 5.41) is 5.67. The van der Waals surface area contributed by atoms with Crippen LogP contribution in [0.1, 0.15) is 30.2 Å². The van der Waals surface area contributed by atoms with Crippen molar-refractivity contribution in [2.75, 3.05) is 4.72 Å². The van der Waals surface area contributed by atoms with Crippen molar-refractivity contribution in [3.63, 3.8) is 0 Å². The number of nitrogens with one attached hydrogen (secondary N) is 1. The molecule has 1 saturated carbocycles. The Kier molecular flexibility index (Phi) is 4.17. The molecule has 130 valence electrons. The first-order chi connectivity index (χ1) is 11.9. The summed E-state index contributed by atoms with van der Waals surface area (Å²) in [4.78, 5) is 4.35. The summed E-state index contributed by atoms with van der Waals surface area (Å²) in [5.74, 6) is 1.42. The van der Waals surface area contributed by atoms with Crippen LogP contribution in [0.2, 0.25) is 0 Å². The predicted octanol–water partition coefficient (Wildman–Crippen LogP) is 4.55. The highest BCUT2D eigenvalue weighted by Crippen LogP contribution is 2.40. The largest absolute Gasteiger partial charge is 0.339 e. The molecule has 6 nitrogen and oxygen atoms in total. The smallest absolute Gasteiger partial charge is 0.271 e. The molecule has 2 aromatic heterocycles. The molecule has 0 radical (unpaired) electrons.